The largest absolute Gasteiger partial charge is 0.466 e. The number of hydrogen-bond donors (Lipinski definition) is 1. The summed E-state index contributed by atoms with van der Waals surface area (Å²) in [6.45, 7) is 4.59. The Morgan fingerprint density at radius 3 is 2.54 bits per heavy atom. The lowest BCUT2D eigenvalue weighted by atomic mass is 9.83. The molecule has 1 aliphatic rings. The van der Waals surface area contributed by atoms with E-state index in [-0.39, 0.29) is 18.9 Å². The molecule has 9 nitrogen and oxygen atoms in total. The van der Waals surface area contributed by atoms with Crippen molar-refractivity contribution in [2.75, 3.05) is 27.5 Å². The van der Waals surface area contributed by atoms with Gasteiger partial charge in [-0.3, -0.25) is 14.6 Å². The number of oxime groups is 1. The van der Waals surface area contributed by atoms with Crippen molar-refractivity contribution in [2.45, 2.75) is 45.1 Å². The number of nitrogens with one attached hydrogen (secondary N) is 1. The van der Waals surface area contributed by atoms with E-state index in [4.69, 9.17) is 19.0 Å². The van der Waals surface area contributed by atoms with Gasteiger partial charge < -0.3 is 24.4 Å². The Labute approximate surface area is 204 Å². The molecule has 10 heteroatoms. The number of halogens is 1. The highest BCUT2D eigenvalue weighted by Gasteiger charge is 2.47. The van der Waals surface area contributed by atoms with Gasteiger partial charge in [0.1, 0.15) is 12.4 Å². The van der Waals surface area contributed by atoms with Crippen molar-refractivity contribution < 1.29 is 33.0 Å². The van der Waals surface area contributed by atoms with Gasteiger partial charge in [0.2, 0.25) is 11.9 Å². The molecule has 0 fully saturated rings. The van der Waals surface area contributed by atoms with Crippen LogP contribution in [0.2, 0.25) is 0 Å². The average molecular weight is 490 g/mol. The number of carbonyl (C=O) groups is 2. The first-order valence-electron chi connectivity index (χ1n) is 11.5. The lowest BCUT2D eigenvalue weighted by Gasteiger charge is -2.36. The maximum atomic E-state index is 14.0. The molecule has 2 heterocycles. The standard InChI is InChI=1S/C25H32FN3O6/c1-6-34-19(30)13-18(25(14-26,32-4)33-5)28-24(31)23-20(15(2)3)22(29-35-23)21-17-10-8-7-9-16(17)11-12-27-21/h7-12,15,18,20,23H,6,13-14H2,1-5H3,(H,28,31)/t18?,20-,23+/m1/s1. The Kier molecular flexibility index (Phi) is 8.74. The third kappa shape index (κ3) is 5.43. The molecular formula is C25H32FN3O6. The Hall–Kier alpha value is -3.11. The fourth-order valence-corrected chi connectivity index (χ4v) is 4.31. The van der Waals surface area contributed by atoms with Crippen LogP contribution in [0.5, 0.6) is 0 Å². The summed E-state index contributed by atoms with van der Waals surface area (Å²) in [4.78, 5) is 35.8. The normalized spacial score (nSPS) is 18.8. The average Bonchev–Trinajstić information content (AvgIpc) is 3.31. The summed E-state index contributed by atoms with van der Waals surface area (Å²) in [5.41, 5.74) is 1.18. The number of ether oxygens (including phenoxy) is 3. The Bertz CT molecular complexity index is 1060. The molecule has 1 N–H and O–H groups in total. The molecule has 3 rings (SSSR count). The number of methoxy groups -OCH3 is 2. The molecule has 1 aromatic carbocycles. The van der Waals surface area contributed by atoms with Gasteiger partial charge >= 0.3 is 5.97 Å². The van der Waals surface area contributed by atoms with E-state index in [1.165, 1.54) is 14.2 Å². The molecule has 1 aliphatic heterocycles. The van der Waals surface area contributed by atoms with Gasteiger partial charge in [0.05, 0.1) is 30.7 Å². The van der Waals surface area contributed by atoms with Crippen LogP contribution in [-0.2, 0) is 28.6 Å². The molecular weight excluding hydrogens is 457 g/mol. The monoisotopic (exact) mass is 489 g/mol. The van der Waals surface area contributed by atoms with Gasteiger partial charge in [0, 0.05) is 25.8 Å². The van der Waals surface area contributed by atoms with E-state index >= 15 is 0 Å². The summed E-state index contributed by atoms with van der Waals surface area (Å²) in [6.07, 6.45) is 0.303. The van der Waals surface area contributed by atoms with E-state index in [2.05, 4.69) is 15.5 Å². The highest BCUT2D eigenvalue weighted by Crippen LogP contribution is 2.32. The molecule has 35 heavy (non-hydrogen) atoms. The number of benzene rings is 1. The van der Waals surface area contributed by atoms with Crippen molar-refractivity contribution in [1.29, 1.82) is 0 Å². The molecule has 1 aromatic heterocycles. The van der Waals surface area contributed by atoms with Crippen molar-refractivity contribution in [1.82, 2.24) is 10.3 Å². The van der Waals surface area contributed by atoms with Gasteiger partial charge in [-0.1, -0.05) is 43.3 Å². The molecule has 2 aromatic rings. The first-order chi connectivity index (χ1) is 16.8. The van der Waals surface area contributed by atoms with Crippen molar-refractivity contribution in [3.05, 3.63) is 42.2 Å². The van der Waals surface area contributed by atoms with Gasteiger partial charge in [-0.25, -0.2) is 4.39 Å². The molecule has 0 bridgehead atoms. The van der Waals surface area contributed by atoms with E-state index in [1.807, 2.05) is 44.2 Å². The number of alkyl halides is 1. The summed E-state index contributed by atoms with van der Waals surface area (Å²) in [5, 5.41) is 8.81. The minimum atomic E-state index is -1.88. The third-order valence-corrected chi connectivity index (χ3v) is 6.20. The van der Waals surface area contributed by atoms with Gasteiger partial charge in [0.25, 0.3) is 5.91 Å². The third-order valence-electron chi connectivity index (χ3n) is 6.20. The van der Waals surface area contributed by atoms with Crippen LogP contribution < -0.4 is 5.32 Å². The molecule has 0 spiro atoms. The Morgan fingerprint density at radius 1 is 1.20 bits per heavy atom. The summed E-state index contributed by atoms with van der Waals surface area (Å²) < 4.78 is 29.6. The predicted molar refractivity (Wildman–Crippen MR) is 127 cm³/mol. The van der Waals surface area contributed by atoms with Crippen LogP contribution in [0.15, 0.2) is 41.7 Å². The highest BCUT2D eigenvalue weighted by atomic mass is 19.1. The summed E-state index contributed by atoms with van der Waals surface area (Å²) in [6, 6.07) is 8.47. The van der Waals surface area contributed by atoms with E-state index in [9.17, 15) is 14.0 Å². The minimum absolute atomic E-state index is 0.0490. The highest BCUT2D eigenvalue weighted by molar-refractivity contribution is 6.12. The number of fused-ring (bicyclic) bond motifs is 1. The number of rotatable bonds is 11. The van der Waals surface area contributed by atoms with Gasteiger partial charge in [-0.15, -0.1) is 0 Å². The number of hydrogen-bond acceptors (Lipinski definition) is 8. The lowest BCUT2D eigenvalue weighted by Crippen LogP contribution is -2.59. The number of carbonyl (C=O) groups excluding carboxylic acids is 2. The van der Waals surface area contributed by atoms with Crippen molar-refractivity contribution in [2.24, 2.45) is 17.0 Å². The second-order valence-electron chi connectivity index (χ2n) is 8.58. The Balaban J connectivity index is 1.90. The van der Waals surface area contributed by atoms with Crippen LogP contribution in [0.1, 0.15) is 32.9 Å². The van der Waals surface area contributed by atoms with Crippen LogP contribution in [-0.4, -0.2) is 68.0 Å². The van der Waals surface area contributed by atoms with Gasteiger partial charge in [0.15, 0.2) is 0 Å². The van der Waals surface area contributed by atoms with Crippen LogP contribution >= 0.6 is 0 Å². The first kappa shape index (κ1) is 26.5. The molecule has 0 saturated heterocycles. The fraction of sp³-hybridized carbons (Fsp3) is 0.520. The van der Waals surface area contributed by atoms with Crippen molar-refractivity contribution in [3.63, 3.8) is 0 Å². The zero-order valence-electron chi connectivity index (χ0n) is 20.6. The molecule has 0 aliphatic carbocycles. The van der Waals surface area contributed by atoms with E-state index in [0.29, 0.717) is 11.4 Å². The molecule has 0 radical (unpaired) electrons. The minimum Gasteiger partial charge on any atom is -0.466 e. The second-order valence-corrected chi connectivity index (χ2v) is 8.58. The van der Waals surface area contributed by atoms with E-state index in [0.717, 1.165) is 10.8 Å². The Morgan fingerprint density at radius 2 is 1.91 bits per heavy atom. The summed E-state index contributed by atoms with van der Waals surface area (Å²) in [5.74, 6) is -3.58. The summed E-state index contributed by atoms with van der Waals surface area (Å²) >= 11 is 0. The summed E-state index contributed by atoms with van der Waals surface area (Å²) in [7, 11) is 2.48. The number of nitrogens with zero attached hydrogens (tertiary/aromatic N) is 2. The molecule has 1 unspecified atom stereocenters. The molecule has 0 saturated carbocycles. The number of amides is 1. The fourth-order valence-electron chi connectivity index (χ4n) is 4.31. The number of aromatic nitrogens is 1. The molecule has 3 atom stereocenters. The second kappa shape index (κ2) is 11.5. The van der Waals surface area contributed by atoms with Gasteiger partial charge in [-0.05, 0) is 24.3 Å². The zero-order valence-corrected chi connectivity index (χ0v) is 20.6. The molecule has 1 amide bonds. The lowest BCUT2D eigenvalue weighted by molar-refractivity contribution is -0.235. The van der Waals surface area contributed by atoms with Crippen LogP contribution in [0.25, 0.3) is 10.8 Å². The first-order valence-corrected chi connectivity index (χ1v) is 11.5. The van der Waals surface area contributed by atoms with Crippen molar-refractivity contribution in [3.8, 4) is 0 Å². The zero-order chi connectivity index (χ0) is 25.6. The molecule has 190 valence electrons. The van der Waals surface area contributed by atoms with E-state index < -0.39 is 42.4 Å². The van der Waals surface area contributed by atoms with Crippen LogP contribution in [0.4, 0.5) is 4.39 Å². The number of esters is 1. The SMILES string of the molecule is CCOC(=O)CC(NC(=O)[C@H]1ON=C(c2nccc3ccccc23)[C@H]1C(C)C)C(CF)(OC)OC. The topological polar surface area (TPSA) is 108 Å². The maximum Gasteiger partial charge on any atom is 0.308 e. The van der Waals surface area contributed by atoms with Crippen LogP contribution in [0.3, 0.4) is 0 Å². The quantitative estimate of drug-likeness (QED) is 0.382. The maximum absolute atomic E-state index is 14.0. The smallest absolute Gasteiger partial charge is 0.308 e. The predicted octanol–water partition coefficient (Wildman–Crippen LogP) is 3.01. The van der Waals surface area contributed by atoms with Gasteiger partial charge in [-0.2, -0.15) is 0 Å². The number of pyridine rings is 1. The van der Waals surface area contributed by atoms with Crippen LogP contribution in [0, 0.1) is 11.8 Å². The van der Waals surface area contributed by atoms with E-state index in [1.54, 1.807) is 13.1 Å². The van der Waals surface area contributed by atoms with Crippen molar-refractivity contribution >= 4 is 28.4 Å².